The average molecular weight is 317 g/mol. The molecule has 0 atom stereocenters. The summed E-state index contributed by atoms with van der Waals surface area (Å²) in [4.78, 5) is 16.6. The second-order valence-corrected chi connectivity index (χ2v) is 5.62. The maximum atomic E-state index is 11.9. The fourth-order valence-electron chi connectivity index (χ4n) is 3.10. The Labute approximate surface area is 138 Å². The van der Waals surface area contributed by atoms with Crippen LogP contribution in [0.5, 0.6) is 5.75 Å². The van der Waals surface area contributed by atoms with E-state index in [1.807, 2.05) is 43.3 Å². The van der Waals surface area contributed by atoms with E-state index in [1.165, 1.54) is 0 Å². The summed E-state index contributed by atoms with van der Waals surface area (Å²) in [5.41, 5.74) is 1.58. The van der Waals surface area contributed by atoms with E-state index in [1.54, 1.807) is 18.2 Å². The van der Waals surface area contributed by atoms with Crippen molar-refractivity contribution in [3.05, 3.63) is 60.2 Å². The van der Waals surface area contributed by atoms with Gasteiger partial charge in [0.2, 0.25) is 0 Å². The van der Waals surface area contributed by atoms with Gasteiger partial charge in [0, 0.05) is 16.8 Å². The van der Waals surface area contributed by atoms with Gasteiger partial charge in [0.15, 0.2) is 0 Å². The Morgan fingerprint density at radius 1 is 1.00 bits per heavy atom. The van der Waals surface area contributed by atoms with Crippen molar-refractivity contribution in [3.8, 4) is 5.75 Å². The molecule has 4 aromatic rings. The van der Waals surface area contributed by atoms with Crippen LogP contribution in [0, 0.1) is 0 Å². The summed E-state index contributed by atoms with van der Waals surface area (Å²) in [5.74, 6) is -0.263. The smallest absolute Gasteiger partial charge is 0.337 e. The molecule has 0 saturated carbocycles. The molecule has 0 aliphatic heterocycles. The van der Waals surface area contributed by atoms with Crippen LogP contribution in [0.4, 0.5) is 0 Å². The highest BCUT2D eigenvalue weighted by Gasteiger charge is 2.16. The van der Waals surface area contributed by atoms with E-state index in [0.29, 0.717) is 34.2 Å². The first kappa shape index (κ1) is 14.5. The largest absolute Gasteiger partial charge is 0.494 e. The number of pyridine rings is 1. The van der Waals surface area contributed by atoms with E-state index in [-0.39, 0.29) is 5.56 Å². The highest BCUT2D eigenvalue weighted by molar-refractivity contribution is 6.16. The molecule has 4 nitrogen and oxygen atoms in total. The van der Waals surface area contributed by atoms with Crippen molar-refractivity contribution < 1.29 is 14.6 Å². The number of carbonyl (C=O) groups is 1. The third kappa shape index (κ3) is 2.24. The zero-order valence-electron chi connectivity index (χ0n) is 13.1. The van der Waals surface area contributed by atoms with Crippen LogP contribution in [-0.4, -0.2) is 22.7 Å². The van der Waals surface area contributed by atoms with Gasteiger partial charge in [-0.05, 0) is 42.0 Å². The first-order valence-corrected chi connectivity index (χ1v) is 7.79. The molecular weight excluding hydrogens is 302 g/mol. The number of benzene rings is 3. The lowest BCUT2D eigenvalue weighted by atomic mass is 9.99. The van der Waals surface area contributed by atoms with Gasteiger partial charge in [-0.3, -0.25) is 0 Å². The van der Waals surface area contributed by atoms with Crippen LogP contribution in [-0.2, 0) is 0 Å². The summed E-state index contributed by atoms with van der Waals surface area (Å²) in [6.07, 6.45) is 0. The normalized spacial score (nSPS) is 11.2. The Kier molecular flexibility index (Phi) is 3.31. The van der Waals surface area contributed by atoms with Crippen LogP contribution < -0.4 is 4.74 Å². The maximum absolute atomic E-state index is 11.9. The van der Waals surface area contributed by atoms with Gasteiger partial charge in [0.25, 0.3) is 0 Å². The molecule has 0 aliphatic rings. The van der Waals surface area contributed by atoms with E-state index >= 15 is 0 Å². The summed E-state index contributed by atoms with van der Waals surface area (Å²) in [6, 6.07) is 17.1. The van der Waals surface area contributed by atoms with Crippen LogP contribution >= 0.6 is 0 Å². The van der Waals surface area contributed by atoms with Crippen LogP contribution in [0.25, 0.3) is 32.6 Å². The predicted molar refractivity (Wildman–Crippen MR) is 94.9 cm³/mol. The molecule has 0 saturated heterocycles. The van der Waals surface area contributed by atoms with Crippen LogP contribution in [0.2, 0.25) is 0 Å². The van der Waals surface area contributed by atoms with Gasteiger partial charge in [-0.2, -0.15) is 0 Å². The zero-order chi connectivity index (χ0) is 16.7. The van der Waals surface area contributed by atoms with Gasteiger partial charge < -0.3 is 9.84 Å². The standard InChI is InChI=1S/C20H15NO3/c1-2-24-14-7-8-15-18(11-14)21-17-10-13-6-4-3-5-12(13)9-16(17)19(15)20(22)23/h3-11H,2H2,1H3,(H,22,23). The lowest BCUT2D eigenvalue weighted by molar-refractivity contribution is 0.0701. The molecule has 0 fully saturated rings. The third-order valence-corrected chi connectivity index (χ3v) is 4.14. The number of aromatic carboxylic acids is 1. The molecule has 0 unspecified atom stereocenters. The van der Waals surface area contributed by atoms with Crippen molar-refractivity contribution >= 4 is 38.5 Å². The first-order chi connectivity index (χ1) is 11.7. The van der Waals surface area contributed by atoms with E-state index in [9.17, 15) is 9.90 Å². The van der Waals surface area contributed by atoms with E-state index in [4.69, 9.17) is 4.74 Å². The number of carboxylic acid groups (broad SMARTS) is 1. The minimum absolute atomic E-state index is 0.281. The van der Waals surface area contributed by atoms with Crippen molar-refractivity contribution in [2.24, 2.45) is 0 Å². The Morgan fingerprint density at radius 2 is 1.71 bits per heavy atom. The Hall–Kier alpha value is -3.14. The van der Waals surface area contributed by atoms with Gasteiger partial charge in [-0.15, -0.1) is 0 Å². The second kappa shape index (κ2) is 5.49. The molecule has 4 rings (SSSR count). The lowest BCUT2D eigenvalue weighted by Crippen LogP contribution is -2.01. The zero-order valence-corrected chi connectivity index (χ0v) is 13.1. The fraction of sp³-hybridized carbons (Fsp3) is 0.100. The SMILES string of the molecule is CCOc1ccc2c(C(=O)O)c3cc4ccccc4cc3nc2c1. The van der Waals surface area contributed by atoms with Crippen molar-refractivity contribution in [2.75, 3.05) is 6.61 Å². The summed E-state index contributed by atoms with van der Waals surface area (Å²) in [7, 11) is 0. The first-order valence-electron chi connectivity index (χ1n) is 7.79. The quantitative estimate of drug-likeness (QED) is 0.559. The molecule has 1 aromatic heterocycles. The molecule has 0 aliphatic carbocycles. The summed E-state index contributed by atoms with van der Waals surface area (Å²) >= 11 is 0. The second-order valence-electron chi connectivity index (χ2n) is 5.62. The highest BCUT2D eigenvalue weighted by Crippen LogP contribution is 2.31. The van der Waals surface area contributed by atoms with Crippen molar-refractivity contribution in [2.45, 2.75) is 6.92 Å². The topological polar surface area (TPSA) is 59.4 Å². The molecule has 4 heteroatoms. The number of rotatable bonds is 3. The maximum Gasteiger partial charge on any atom is 0.337 e. The monoisotopic (exact) mass is 317 g/mol. The van der Waals surface area contributed by atoms with Crippen molar-refractivity contribution in [3.63, 3.8) is 0 Å². The lowest BCUT2D eigenvalue weighted by Gasteiger charge is -2.10. The number of aromatic nitrogens is 1. The Bertz CT molecular complexity index is 1100. The highest BCUT2D eigenvalue weighted by atomic mass is 16.5. The average Bonchev–Trinajstić information content (AvgIpc) is 2.57. The summed E-state index contributed by atoms with van der Waals surface area (Å²) in [5, 5.41) is 13.1. The van der Waals surface area contributed by atoms with Gasteiger partial charge in [0.1, 0.15) is 5.75 Å². The molecule has 1 heterocycles. The van der Waals surface area contributed by atoms with Crippen molar-refractivity contribution in [1.82, 2.24) is 4.98 Å². The van der Waals surface area contributed by atoms with Crippen molar-refractivity contribution in [1.29, 1.82) is 0 Å². The number of fused-ring (bicyclic) bond motifs is 3. The van der Waals surface area contributed by atoms with Gasteiger partial charge in [0.05, 0.1) is 23.2 Å². The van der Waals surface area contributed by atoms with Gasteiger partial charge in [-0.25, -0.2) is 9.78 Å². The number of hydrogen-bond donors (Lipinski definition) is 1. The molecule has 0 bridgehead atoms. The number of ether oxygens (including phenoxy) is 1. The molecule has 3 aromatic carbocycles. The Balaban J connectivity index is 2.14. The van der Waals surface area contributed by atoms with Gasteiger partial charge in [-0.1, -0.05) is 24.3 Å². The number of carboxylic acids is 1. The fourth-order valence-corrected chi connectivity index (χ4v) is 3.10. The van der Waals surface area contributed by atoms with E-state index in [2.05, 4.69) is 4.98 Å². The molecule has 1 N–H and O–H groups in total. The number of nitrogens with zero attached hydrogens (tertiary/aromatic N) is 1. The van der Waals surface area contributed by atoms with Crippen LogP contribution in [0.15, 0.2) is 54.6 Å². The third-order valence-electron chi connectivity index (χ3n) is 4.14. The van der Waals surface area contributed by atoms with Crippen LogP contribution in [0.1, 0.15) is 17.3 Å². The summed E-state index contributed by atoms with van der Waals surface area (Å²) < 4.78 is 5.51. The van der Waals surface area contributed by atoms with E-state index in [0.717, 1.165) is 10.8 Å². The van der Waals surface area contributed by atoms with Crippen LogP contribution in [0.3, 0.4) is 0 Å². The molecule has 24 heavy (non-hydrogen) atoms. The number of hydrogen-bond acceptors (Lipinski definition) is 3. The molecule has 118 valence electrons. The predicted octanol–water partition coefficient (Wildman–Crippen LogP) is 4.64. The van der Waals surface area contributed by atoms with E-state index < -0.39 is 5.97 Å². The minimum Gasteiger partial charge on any atom is -0.494 e. The molecular formula is C20H15NO3. The summed E-state index contributed by atoms with van der Waals surface area (Å²) in [6.45, 7) is 2.46. The minimum atomic E-state index is -0.952. The van der Waals surface area contributed by atoms with Gasteiger partial charge >= 0.3 is 5.97 Å². The molecule has 0 amide bonds. The molecule has 0 spiro atoms. The Morgan fingerprint density at radius 3 is 2.42 bits per heavy atom. The molecule has 0 radical (unpaired) electrons.